The zero-order chi connectivity index (χ0) is 17.7. The van der Waals surface area contributed by atoms with Crippen LogP contribution in [0.25, 0.3) is 0 Å². The lowest BCUT2D eigenvalue weighted by Gasteiger charge is -2.34. The van der Waals surface area contributed by atoms with E-state index in [0.29, 0.717) is 18.3 Å². The van der Waals surface area contributed by atoms with Gasteiger partial charge < -0.3 is 10.1 Å². The van der Waals surface area contributed by atoms with Gasteiger partial charge in [-0.3, -0.25) is 9.69 Å². The molecule has 3 N–H and O–H groups in total. The Kier molecular flexibility index (Phi) is 6.20. The third-order valence-electron chi connectivity index (χ3n) is 4.40. The van der Waals surface area contributed by atoms with E-state index in [-0.39, 0.29) is 16.4 Å². The number of carbonyl (C=O) groups excluding carboxylic acids is 1. The largest absolute Gasteiger partial charge is 0.496 e. The van der Waals surface area contributed by atoms with Crippen LogP contribution in [0.3, 0.4) is 0 Å². The molecule has 8 heteroatoms. The molecule has 7 nitrogen and oxygen atoms in total. The number of sulfonamides is 1. The lowest BCUT2D eigenvalue weighted by Crippen LogP contribution is -2.46. The number of amides is 1. The molecular formula is C16H25N3O4S. The number of ether oxygens (including phenoxy) is 1. The topological polar surface area (TPSA) is 102 Å². The maximum atomic E-state index is 12.5. The number of likely N-dealkylation sites (N-methyl/N-ethyl adjacent to an activating group) is 1. The van der Waals surface area contributed by atoms with Crippen molar-refractivity contribution in [2.24, 2.45) is 5.14 Å². The molecule has 2 rings (SSSR count). The maximum Gasteiger partial charge on any atom is 0.255 e. The summed E-state index contributed by atoms with van der Waals surface area (Å²) >= 11 is 0. The van der Waals surface area contributed by atoms with Gasteiger partial charge in [0, 0.05) is 12.6 Å². The first-order valence-corrected chi connectivity index (χ1v) is 9.64. The second kappa shape index (κ2) is 7.96. The van der Waals surface area contributed by atoms with Crippen LogP contribution < -0.4 is 15.2 Å². The Morgan fingerprint density at radius 2 is 2.17 bits per heavy atom. The molecule has 0 radical (unpaired) electrons. The molecule has 1 aromatic carbocycles. The van der Waals surface area contributed by atoms with Gasteiger partial charge in [0.15, 0.2) is 0 Å². The number of nitrogens with zero attached hydrogens (tertiary/aromatic N) is 1. The van der Waals surface area contributed by atoms with E-state index in [9.17, 15) is 13.2 Å². The third kappa shape index (κ3) is 4.46. The molecule has 0 aliphatic carbocycles. The molecule has 1 heterocycles. The van der Waals surface area contributed by atoms with Crippen molar-refractivity contribution in [3.8, 4) is 5.75 Å². The number of nitrogens with two attached hydrogens (primary N) is 1. The van der Waals surface area contributed by atoms with E-state index in [2.05, 4.69) is 17.1 Å². The van der Waals surface area contributed by atoms with E-state index in [4.69, 9.17) is 9.88 Å². The van der Waals surface area contributed by atoms with Crippen LogP contribution in [0, 0.1) is 0 Å². The zero-order valence-electron chi connectivity index (χ0n) is 14.1. The van der Waals surface area contributed by atoms with Gasteiger partial charge in [0.05, 0.1) is 17.6 Å². The summed E-state index contributed by atoms with van der Waals surface area (Å²) in [7, 11) is -2.44. The van der Waals surface area contributed by atoms with Crippen molar-refractivity contribution in [3.63, 3.8) is 0 Å². The van der Waals surface area contributed by atoms with Gasteiger partial charge in [-0.2, -0.15) is 0 Å². The van der Waals surface area contributed by atoms with Crippen molar-refractivity contribution in [1.82, 2.24) is 10.2 Å². The van der Waals surface area contributed by atoms with Gasteiger partial charge in [-0.1, -0.05) is 13.3 Å². The van der Waals surface area contributed by atoms with Crippen LogP contribution in [0.1, 0.15) is 36.5 Å². The Morgan fingerprint density at radius 3 is 2.79 bits per heavy atom. The average Bonchev–Trinajstić information content (AvgIpc) is 2.58. The minimum absolute atomic E-state index is 0.110. The molecule has 1 unspecified atom stereocenters. The second-order valence-corrected chi connectivity index (χ2v) is 7.46. The highest BCUT2D eigenvalue weighted by Crippen LogP contribution is 2.22. The van der Waals surface area contributed by atoms with E-state index in [1.807, 2.05) is 0 Å². The van der Waals surface area contributed by atoms with Gasteiger partial charge in [0.1, 0.15) is 5.75 Å². The van der Waals surface area contributed by atoms with Gasteiger partial charge in [-0.15, -0.1) is 0 Å². The van der Waals surface area contributed by atoms with Crippen molar-refractivity contribution in [3.05, 3.63) is 23.8 Å². The highest BCUT2D eigenvalue weighted by atomic mass is 32.2. The first-order valence-electron chi connectivity index (χ1n) is 8.10. The summed E-state index contributed by atoms with van der Waals surface area (Å²) < 4.78 is 28.1. The Balaban J connectivity index is 2.13. The molecule has 1 amide bonds. The minimum atomic E-state index is -3.88. The van der Waals surface area contributed by atoms with E-state index < -0.39 is 10.0 Å². The van der Waals surface area contributed by atoms with E-state index in [1.54, 1.807) is 0 Å². The van der Waals surface area contributed by atoms with Crippen molar-refractivity contribution >= 4 is 15.9 Å². The van der Waals surface area contributed by atoms with Crippen LogP contribution in [0.5, 0.6) is 5.75 Å². The van der Waals surface area contributed by atoms with Crippen LogP contribution in [0.4, 0.5) is 0 Å². The number of nitrogens with one attached hydrogen (secondary N) is 1. The molecule has 1 atom stereocenters. The summed E-state index contributed by atoms with van der Waals surface area (Å²) in [6.45, 7) is 4.63. The Morgan fingerprint density at radius 1 is 1.42 bits per heavy atom. The molecule has 0 spiro atoms. The highest BCUT2D eigenvalue weighted by molar-refractivity contribution is 7.89. The van der Waals surface area contributed by atoms with Gasteiger partial charge in [-0.05, 0) is 44.1 Å². The SMILES string of the molecule is CCN1CCCCC1CNC(=O)c1cc(S(N)(=O)=O)ccc1OC. The normalized spacial score (nSPS) is 19.0. The van der Waals surface area contributed by atoms with Crippen LogP contribution in [-0.2, 0) is 10.0 Å². The number of hydrogen-bond acceptors (Lipinski definition) is 5. The minimum Gasteiger partial charge on any atom is -0.496 e. The molecule has 1 fully saturated rings. The predicted molar refractivity (Wildman–Crippen MR) is 91.6 cm³/mol. The third-order valence-corrected chi connectivity index (χ3v) is 5.31. The van der Waals surface area contributed by atoms with Crippen LogP contribution in [0.2, 0.25) is 0 Å². The molecule has 0 saturated carbocycles. The monoisotopic (exact) mass is 355 g/mol. The van der Waals surface area contributed by atoms with E-state index in [0.717, 1.165) is 25.9 Å². The Hall–Kier alpha value is -1.64. The summed E-state index contributed by atoms with van der Waals surface area (Å²) in [6, 6.07) is 4.32. The zero-order valence-corrected chi connectivity index (χ0v) is 14.9. The summed E-state index contributed by atoms with van der Waals surface area (Å²) in [4.78, 5) is 14.7. The molecule has 1 aliphatic heterocycles. The molecular weight excluding hydrogens is 330 g/mol. The predicted octanol–water partition coefficient (Wildman–Crippen LogP) is 0.947. The molecule has 24 heavy (non-hydrogen) atoms. The van der Waals surface area contributed by atoms with Crippen molar-refractivity contribution in [2.75, 3.05) is 26.7 Å². The summed E-state index contributed by atoms with van der Waals surface area (Å²) in [5.41, 5.74) is 0.169. The molecule has 0 bridgehead atoms. The van der Waals surface area contributed by atoms with Crippen LogP contribution >= 0.6 is 0 Å². The number of hydrogen-bond donors (Lipinski definition) is 2. The van der Waals surface area contributed by atoms with Gasteiger partial charge in [0.2, 0.25) is 10.0 Å². The first kappa shape index (κ1) is 18.7. The molecule has 1 aromatic rings. The van der Waals surface area contributed by atoms with Gasteiger partial charge in [0.25, 0.3) is 5.91 Å². The second-order valence-electron chi connectivity index (χ2n) is 5.90. The fourth-order valence-electron chi connectivity index (χ4n) is 3.05. The molecule has 1 aliphatic rings. The number of methoxy groups -OCH3 is 1. The summed E-state index contributed by atoms with van der Waals surface area (Å²) in [5.74, 6) is -0.0464. The van der Waals surface area contributed by atoms with Gasteiger partial charge in [-0.25, -0.2) is 13.6 Å². The smallest absolute Gasteiger partial charge is 0.255 e. The van der Waals surface area contributed by atoms with E-state index in [1.165, 1.54) is 31.7 Å². The lowest BCUT2D eigenvalue weighted by atomic mass is 10.0. The van der Waals surface area contributed by atoms with Crippen molar-refractivity contribution in [1.29, 1.82) is 0 Å². The molecule has 134 valence electrons. The lowest BCUT2D eigenvalue weighted by molar-refractivity contribution is 0.0914. The standard InChI is InChI=1S/C16H25N3O4S/c1-3-19-9-5-4-6-12(19)11-18-16(20)14-10-13(24(17,21)22)7-8-15(14)23-2/h7-8,10,12H,3-6,9,11H2,1-2H3,(H,18,20)(H2,17,21,22). The average molecular weight is 355 g/mol. The quantitative estimate of drug-likeness (QED) is 0.791. The summed E-state index contributed by atoms with van der Waals surface area (Å²) in [5, 5.41) is 8.03. The molecule has 0 aromatic heterocycles. The number of likely N-dealkylation sites (tertiary alicyclic amines) is 1. The number of rotatable bonds is 6. The Bertz CT molecular complexity index is 691. The fourth-order valence-corrected chi connectivity index (χ4v) is 3.59. The van der Waals surface area contributed by atoms with Crippen molar-refractivity contribution in [2.45, 2.75) is 37.1 Å². The van der Waals surface area contributed by atoms with Gasteiger partial charge >= 0.3 is 0 Å². The highest BCUT2D eigenvalue weighted by Gasteiger charge is 2.23. The number of piperidine rings is 1. The van der Waals surface area contributed by atoms with E-state index >= 15 is 0 Å². The number of carbonyl (C=O) groups is 1. The molecule has 1 saturated heterocycles. The Labute approximate surface area is 143 Å². The number of primary sulfonamides is 1. The number of benzene rings is 1. The van der Waals surface area contributed by atoms with Crippen LogP contribution in [-0.4, -0.2) is 52.0 Å². The van der Waals surface area contributed by atoms with Crippen LogP contribution in [0.15, 0.2) is 23.1 Å². The van der Waals surface area contributed by atoms with Crippen molar-refractivity contribution < 1.29 is 17.9 Å². The summed E-state index contributed by atoms with van der Waals surface area (Å²) in [6.07, 6.45) is 3.38. The fraction of sp³-hybridized carbons (Fsp3) is 0.562. The maximum absolute atomic E-state index is 12.5. The first-order chi connectivity index (χ1) is 11.4.